The van der Waals surface area contributed by atoms with E-state index in [1.807, 2.05) is 13.0 Å². The first-order chi connectivity index (χ1) is 8.84. The lowest BCUT2D eigenvalue weighted by molar-refractivity contribution is 0.544. The number of hydrogen-bond donors (Lipinski definition) is 1. The van der Waals surface area contributed by atoms with Crippen LogP contribution in [0.1, 0.15) is 37.3 Å². The van der Waals surface area contributed by atoms with Gasteiger partial charge in [0.15, 0.2) is 0 Å². The Morgan fingerprint density at radius 2 is 2.00 bits per heavy atom. The van der Waals surface area contributed by atoms with Gasteiger partial charge in [0.1, 0.15) is 16.2 Å². The summed E-state index contributed by atoms with van der Waals surface area (Å²) in [5.41, 5.74) is 0.965. The Morgan fingerprint density at radius 1 is 1.26 bits per heavy atom. The van der Waals surface area contributed by atoms with Crippen molar-refractivity contribution >= 4 is 33.1 Å². The Morgan fingerprint density at radius 3 is 2.58 bits per heavy atom. The standard InChI is InChI=1S/C13H17BrN4S/c1-8-16-9(7-19-8)6-15-11-5-10(14)17-12(18-11)13(2,3)4/h5,7H,6H2,1-4H3,(H,15,17,18). The van der Waals surface area contributed by atoms with Gasteiger partial charge < -0.3 is 5.32 Å². The summed E-state index contributed by atoms with van der Waals surface area (Å²) in [6, 6.07) is 1.88. The summed E-state index contributed by atoms with van der Waals surface area (Å²) in [5.74, 6) is 1.64. The van der Waals surface area contributed by atoms with Crippen LogP contribution >= 0.6 is 27.3 Å². The molecule has 19 heavy (non-hydrogen) atoms. The van der Waals surface area contributed by atoms with Gasteiger partial charge in [-0.15, -0.1) is 11.3 Å². The van der Waals surface area contributed by atoms with Crippen molar-refractivity contribution in [2.75, 3.05) is 5.32 Å². The van der Waals surface area contributed by atoms with E-state index >= 15 is 0 Å². The maximum Gasteiger partial charge on any atom is 0.137 e. The van der Waals surface area contributed by atoms with Gasteiger partial charge in [-0.1, -0.05) is 20.8 Å². The molecule has 0 saturated heterocycles. The summed E-state index contributed by atoms with van der Waals surface area (Å²) >= 11 is 5.09. The monoisotopic (exact) mass is 340 g/mol. The molecule has 0 unspecified atom stereocenters. The fourth-order valence-electron chi connectivity index (χ4n) is 1.51. The third-order valence-electron chi connectivity index (χ3n) is 2.48. The van der Waals surface area contributed by atoms with Crippen LogP contribution in [-0.4, -0.2) is 15.0 Å². The molecule has 2 heterocycles. The molecule has 0 aromatic carbocycles. The zero-order valence-corrected chi connectivity index (χ0v) is 13.9. The summed E-state index contributed by atoms with van der Waals surface area (Å²) in [7, 11) is 0. The van der Waals surface area contributed by atoms with Crippen LogP contribution in [0.5, 0.6) is 0 Å². The van der Waals surface area contributed by atoms with E-state index in [4.69, 9.17) is 0 Å². The average molecular weight is 341 g/mol. The van der Waals surface area contributed by atoms with Crippen molar-refractivity contribution in [3.63, 3.8) is 0 Å². The molecule has 6 heteroatoms. The van der Waals surface area contributed by atoms with Crippen molar-refractivity contribution in [2.24, 2.45) is 0 Å². The number of thiazole rings is 1. The maximum atomic E-state index is 4.55. The lowest BCUT2D eigenvalue weighted by Crippen LogP contribution is -2.17. The van der Waals surface area contributed by atoms with Crippen molar-refractivity contribution in [1.29, 1.82) is 0 Å². The molecule has 0 aliphatic rings. The Labute approximate surface area is 125 Å². The summed E-state index contributed by atoms with van der Waals surface area (Å²) in [4.78, 5) is 13.4. The fourth-order valence-corrected chi connectivity index (χ4v) is 2.51. The quantitative estimate of drug-likeness (QED) is 0.860. The molecule has 0 fully saturated rings. The number of aromatic nitrogens is 3. The number of aryl methyl sites for hydroxylation is 1. The molecule has 0 atom stereocenters. The summed E-state index contributed by atoms with van der Waals surface area (Å²) in [5, 5.41) is 6.43. The van der Waals surface area contributed by atoms with Crippen LogP contribution in [0.15, 0.2) is 16.0 Å². The Balaban J connectivity index is 2.14. The summed E-state index contributed by atoms with van der Waals surface area (Å²) in [6.07, 6.45) is 0. The number of nitrogens with one attached hydrogen (secondary N) is 1. The molecule has 1 N–H and O–H groups in total. The summed E-state index contributed by atoms with van der Waals surface area (Å²) in [6.45, 7) is 8.98. The average Bonchev–Trinajstić information content (AvgIpc) is 2.71. The molecular formula is C13H17BrN4S. The van der Waals surface area contributed by atoms with Crippen molar-refractivity contribution in [2.45, 2.75) is 39.7 Å². The van der Waals surface area contributed by atoms with E-state index in [9.17, 15) is 0 Å². The zero-order chi connectivity index (χ0) is 14.0. The van der Waals surface area contributed by atoms with Crippen LogP contribution in [0.3, 0.4) is 0 Å². The second-order valence-electron chi connectivity index (χ2n) is 5.36. The topological polar surface area (TPSA) is 50.7 Å². The molecule has 0 aliphatic carbocycles. The van der Waals surface area contributed by atoms with Crippen molar-refractivity contribution in [3.8, 4) is 0 Å². The molecule has 0 saturated carbocycles. The molecule has 0 spiro atoms. The molecule has 0 bridgehead atoms. The summed E-state index contributed by atoms with van der Waals surface area (Å²) < 4.78 is 0.796. The van der Waals surface area contributed by atoms with Crippen LogP contribution < -0.4 is 5.32 Å². The first kappa shape index (κ1) is 14.4. The normalized spacial score (nSPS) is 11.6. The number of halogens is 1. The van der Waals surface area contributed by atoms with Gasteiger partial charge in [0.05, 0.1) is 17.2 Å². The highest BCUT2D eigenvalue weighted by Gasteiger charge is 2.18. The van der Waals surface area contributed by atoms with E-state index < -0.39 is 0 Å². The van der Waals surface area contributed by atoms with E-state index in [2.05, 4.69) is 62.3 Å². The van der Waals surface area contributed by atoms with Gasteiger partial charge in [0.25, 0.3) is 0 Å². The van der Waals surface area contributed by atoms with Gasteiger partial charge in [0, 0.05) is 16.9 Å². The van der Waals surface area contributed by atoms with Crippen LogP contribution in [0, 0.1) is 6.92 Å². The predicted octanol–water partition coefficient (Wildman–Crippen LogP) is 3.91. The minimum Gasteiger partial charge on any atom is -0.364 e. The van der Waals surface area contributed by atoms with Crippen LogP contribution in [0.25, 0.3) is 0 Å². The molecule has 0 amide bonds. The van der Waals surface area contributed by atoms with Crippen molar-refractivity contribution in [1.82, 2.24) is 15.0 Å². The van der Waals surface area contributed by atoms with E-state index in [1.165, 1.54) is 0 Å². The maximum absolute atomic E-state index is 4.55. The van der Waals surface area contributed by atoms with Crippen molar-refractivity contribution in [3.05, 3.63) is 32.6 Å². The van der Waals surface area contributed by atoms with Crippen LogP contribution in [0.2, 0.25) is 0 Å². The van der Waals surface area contributed by atoms with Crippen molar-refractivity contribution < 1.29 is 0 Å². The molecule has 102 valence electrons. The highest BCUT2D eigenvalue weighted by atomic mass is 79.9. The van der Waals surface area contributed by atoms with Gasteiger partial charge in [-0.05, 0) is 22.9 Å². The molecule has 2 rings (SSSR count). The van der Waals surface area contributed by atoms with Crippen LogP contribution in [-0.2, 0) is 12.0 Å². The third-order valence-corrected chi connectivity index (χ3v) is 3.71. The fraction of sp³-hybridized carbons (Fsp3) is 0.462. The lowest BCUT2D eigenvalue weighted by Gasteiger charge is -2.17. The molecule has 2 aromatic heterocycles. The Bertz CT molecular complexity index is 574. The SMILES string of the molecule is Cc1nc(CNc2cc(Br)nc(C(C)(C)C)n2)cs1. The lowest BCUT2D eigenvalue weighted by atomic mass is 9.96. The number of hydrogen-bond acceptors (Lipinski definition) is 5. The third kappa shape index (κ3) is 3.98. The minimum absolute atomic E-state index is 0.0720. The van der Waals surface area contributed by atoms with Crippen LogP contribution in [0.4, 0.5) is 5.82 Å². The number of nitrogens with zero attached hydrogens (tertiary/aromatic N) is 3. The largest absolute Gasteiger partial charge is 0.364 e. The first-order valence-electron chi connectivity index (χ1n) is 6.04. The van der Waals surface area contributed by atoms with E-state index in [0.717, 1.165) is 26.9 Å². The smallest absolute Gasteiger partial charge is 0.137 e. The Kier molecular flexibility index (Phi) is 4.20. The molecule has 2 aromatic rings. The molecule has 4 nitrogen and oxygen atoms in total. The van der Waals surface area contributed by atoms with E-state index in [1.54, 1.807) is 11.3 Å². The van der Waals surface area contributed by atoms with Gasteiger partial charge in [-0.2, -0.15) is 0 Å². The van der Waals surface area contributed by atoms with Gasteiger partial charge in [0.2, 0.25) is 0 Å². The number of anilines is 1. The Hall–Kier alpha value is -1.01. The van der Waals surface area contributed by atoms with E-state index in [0.29, 0.717) is 6.54 Å². The predicted molar refractivity (Wildman–Crippen MR) is 82.6 cm³/mol. The second-order valence-corrected chi connectivity index (χ2v) is 7.24. The highest BCUT2D eigenvalue weighted by Crippen LogP contribution is 2.22. The second kappa shape index (κ2) is 5.54. The van der Waals surface area contributed by atoms with E-state index in [-0.39, 0.29) is 5.41 Å². The van der Waals surface area contributed by atoms with Gasteiger partial charge in [-0.25, -0.2) is 15.0 Å². The highest BCUT2D eigenvalue weighted by molar-refractivity contribution is 9.10. The minimum atomic E-state index is -0.0720. The molecule has 0 radical (unpaired) electrons. The first-order valence-corrected chi connectivity index (χ1v) is 7.72. The molecule has 0 aliphatic heterocycles. The zero-order valence-electron chi connectivity index (χ0n) is 11.5. The van der Waals surface area contributed by atoms with Gasteiger partial charge in [-0.3, -0.25) is 0 Å². The van der Waals surface area contributed by atoms with Gasteiger partial charge >= 0.3 is 0 Å². The molecular weight excluding hydrogens is 324 g/mol. The number of rotatable bonds is 3.